The van der Waals surface area contributed by atoms with Gasteiger partial charge in [-0.05, 0) is 35.7 Å². The van der Waals surface area contributed by atoms with Crippen LogP contribution in [0.4, 0.5) is 13.2 Å². The van der Waals surface area contributed by atoms with Crippen LogP contribution in [0.5, 0.6) is 0 Å². The van der Waals surface area contributed by atoms with Crippen molar-refractivity contribution >= 4 is 17.9 Å². The molecule has 0 saturated heterocycles. The molecule has 2 aromatic rings. The van der Waals surface area contributed by atoms with Crippen molar-refractivity contribution in [1.82, 2.24) is 4.90 Å². The minimum absolute atomic E-state index is 0. The number of carboxylic acids is 3. The summed E-state index contributed by atoms with van der Waals surface area (Å²) in [6.07, 6.45) is -4.86. The van der Waals surface area contributed by atoms with Crippen molar-refractivity contribution < 1.29 is 132 Å². The van der Waals surface area contributed by atoms with Gasteiger partial charge in [0.1, 0.15) is 0 Å². The summed E-state index contributed by atoms with van der Waals surface area (Å²) in [6.45, 7) is 0.0302. The first-order valence-electron chi connectivity index (χ1n) is 8.61. The zero-order valence-electron chi connectivity index (χ0n) is 18.4. The van der Waals surface area contributed by atoms with Crippen molar-refractivity contribution in [3.05, 3.63) is 70.3 Å². The van der Waals surface area contributed by atoms with Crippen LogP contribution < -0.4 is 104 Å². The molecular weight excluding hydrogens is 476 g/mol. The Hall–Kier alpha value is -0.400. The quantitative estimate of drug-likeness (QED) is 0.319. The van der Waals surface area contributed by atoms with Crippen LogP contribution in [0.25, 0.3) is 0 Å². The fourth-order valence-corrected chi connectivity index (χ4v) is 2.82. The van der Waals surface area contributed by atoms with E-state index >= 15 is 0 Å². The van der Waals surface area contributed by atoms with Gasteiger partial charge in [0.05, 0.1) is 17.5 Å². The first-order chi connectivity index (χ1) is 14.0. The molecule has 0 aliphatic carbocycles. The summed E-state index contributed by atoms with van der Waals surface area (Å²) in [7, 11) is 0. The molecule has 0 aromatic heterocycles. The molecule has 0 spiro atoms. The molecule has 2 rings (SSSR count). The van der Waals surface area contributed by atoms with Gasteiger partial charge in [0.25, 0.3) is 0 Å². The summed E-state index contributed by atoms with van der Waals surface area (Å²) in [5.74, 6) is -4.76. The first kappa shape index (κ1) is 34.8. The Morgan fingerprint density at radius 1 is 0.758 bits per heavy atom. The number of aliphatic carboxylic acids is 1. The van der Waals surface area contributed by atoms with Crippen LogP contribution in [0.15, 0.2) is 42.5 Å². The maximum atomic E-state index is 12.7. The number of aromatic carboxylic acids is 2. The van der Waals surface area contributed by atoms with Gasteiger partial charge < -0.3 is 29.7 Å². The number of alkyl halides is 3. The average Bonchev–Trinajstić information content (AvgIpc) is 2.65. The Morgan fingerprint density at radius 3 is 1.70 bits per heavy atom. The standard InChI is InChI=1S/C20H18F3NO6.3Na/c21-20(22,23)14-4-1-12(2-5-14)10-24(8-7-17(25)26)11-13-3-6-15(18(27)28)16(9-13)19(29)30;;;/h1-6,9H,7-8,10-11H2,(H,25,26)(H,27,28)(H,29,30);;;/q;3*+1/p-3. The Kier molecular flexibility index (Phi) is 16.4. The van der Waals surface area contributed by atoms with Crippen molar-refractivity contribution in [2.45, 2.75) is 25.7 Å². The summed E-state index contributed by atoms with van der Waals surface area (Å²) >= 11 is 0. The van der Waals surface area contributed by atoms with Gasteiger partial charge in [-0.1, -0.05) is 24.3 Å². The summed E-state index contributed by atoms with van der Waals surface area (Å²) in [6, 6.07) is 7.73. The zero-order chi connectivity index (χ0) is 22.5. The number of carbonyl (C=O) groups is 3. The second-order valence-corrected chi connectivity index (χ2v) is 6.48. The largest absolute Gasteiger partial charge is 1.00 e. The number of halogens is 3. The first-order valence-corrected chi connectivity index (χ1v) is 8.61. The molecule has 0 fully saturated rings. The van der Waals surface area contributed by atoms with Gasteiger partial charge in [0, 0.05) is 36.7 Å². The van der Waals surface area contributed by atoms with Gasteiger partial charge in [-0.25, -0.2) is 0 Å². The SMILES string of the molecule is O=C([O-])CCN(Cc1ccc(C(F)(F)F)cc1)Cc1ccc(C(=O)[O-])c(C(=O)[O-])c1.[Na+].[Na+].[Na+]. The molecule has 0 saturated carbocycles. The minimum atomic E-state index is -4.49. The molecule has 0 bridgehead atoms. The third-order valence-corrected chi connectivity index (χ3v) is 4.25. The van der Waals surface area contributed by atoms with E-state index in [9.17, 15) is 42.9 Å². The van der Waals surface area contributed by atoms with Crippen molar-refractivity contribution in [2.75, 3.05) is 6.54 Å². The van der Waals surface area contributed by atoms with E-state index in [1.807, 2.05) is 0 Å². The molecule has 0 aliphatic rings. The van der Waals surface area contributed by atoms with E-state index < -0.39 is 40.8 Å². The fraction of sp³-hybridized carbons (Fsp3) is 0.250. The number of hydrogen-bond donors (Lipinski definition) is 0. The number of benzene rings is 2. The summed E-state index contributed by atoms with van der Waals surface area (Å²) in [5, 5.41) is 33.0. The zero-order valence-corrected chi connectivity index (χ0v) is 24.4. The molecule has 13 heteroatoms. The van der Waals surface area contributed by atoms with Gasteiger partial charge >= 0.3 is 94.8 Å². The van der Waals surface area contributed by atoms with Crippen LogP contribution in [-0.4, -0.2) is 29.4 Å². The van der Waals surface area contributed by atoms with Gasteiger partial charge in [-0.2, -0.15) is 13.2 Å². The molecule has 0 amide bonds. The van der Waals surface area contributed by atoms with Crippen LogP contribution in [-0.2, 0) is 24.1 Å². The normalized spacial score (nSPS) is 10.4. The molecule has 0 aliphatic heterocycles. The fourth-order valence-electron chi connectivity index (χ4n) is 2.82. The predicted octanol–water partition coefficient (Wildman–Crippen LogP) is -9.41. The van der Waals surface area contributed by atoms with E-state index in [0.717, 1.165) is 24.3 Å². The second kappa shape index (κ2) is 15.6. The van der Waals surface area contributed by atoms with Crippen molar-refractivity contribution in [3.8, 4) is 0 Å². The van der Waals surface area contributed by atoms with E-state index in [4.69, 9.17) is 0 Å². The summed E-state index contributed by atoms with van der Waals surface area (Å²) in [5.41, 5.74) is -1.19. The number of carboxylic acid groups (broad SMARTS) is 3. The monoisotopic (exact) mass is 491 g/mol. The maximum absolute atomic E-state index is 12.7. The number of carbonyl (C=O) groups excluding carboxylic acids is 3. The average molecular weight is 491 g/mol. The summed E-state index contributed by atoms with van der Waals surface area (Å²) in [4.78, 5) is 34.6. The van der Waals surface area contributed by atoms with Crippen LogP contribution in [0, 0.1) is 0 Å². The van der Waals surface area contributed by atoms with Crippen LogP contribution in [0.3, 0.4) is 0 Å². The van der Waals surface area contributed by atoms with Crippen LogP contribution >= 0.6 is 0 Å². The molecule has 0 unspecified atom stereocenters. The minimum Gasteiger partial charge on any atom is -0.550 e. The second-order valence-electron chi connectivity index (χ2n) is 6.48. The molecule has 2 aromatic carbocycles. The van der Waals surface area contributed by atoms with E-state index in [1.165, 1.54) is 18.2 Å². The molecular formula is C20H15F3NNa3O6. The third kappa shape index (κ3) is 11.3. The molecule has 33 heavy (non-hydrogen) atoms. The van der Waals surface area contributed by atoms with E-state index in [2.05, 4.69) is 0 Å². The van der Waals surface area contributed by atoms with E-state index in [-0.39, 0.29) is 115 Å². The van der Waals surface area contributed by atoms with E-state index in [0.29, 0.717) is 11.1 Å². The predicted molar refractivity (Wildman–Crippen MR) is 90.3 cm³/mol. The third-order valence-electron chi connectivity index (χ3n) is 4.25. The molecule has 0 radical (unpaired) electrons. The van der Waals surface area contributed by atoms with Gasteiger partial charge in [-0.15, -0.1) is 0 Å². The van der Waals surface area contributed by atoms with Crippen LogP contribution in [0.1, 0.15) is 43.8 Å². The van der Waals surface area contributed by atoms with Crippen LogP contribution in [0.2, 0.25) is 0 Å². The van der Waals surface area contributed by atoms with Gasteiger partial charge in [0.15, 0.2) is 0 Å². The Morgan fingerprint density at radius 2 is 1.24 bits per heavy atom. The Bertz CT molecular complexity index is 955. The Labute approximate surface area is 254 Å². The Balaban J connectivity index is 0. The molecule has 0 heterocycles. The summed E-state index contributed by atoms with van der Waals surface area (Å²) < 4.78 is 38.1. The van der Waals surface area contributed by atoms with Crippen molar-refractivity contribution in [2.24, 2.45) is 0 Å². The van der Waals surface area contributed by atoms with Crippen molar-refractivity contribution in [1.29, 1.82) is 0 Å². The smallest absolute Gasteiger partial charge is 0.550 e. The topological polar surface area (TPSA) is 124 Å². The number of rotatable bonds is 9. The van der Waals surface area contributed by atoms with Crippen molar-refractivity contribution in [3.63, 3.8) is 0 Å². The molecule has 0 atom stereocenters. The van der Waals surface area contributed by atoms with Gasteiger partial charge in [-0.3, -0.25) is 4.90 Å². The maximum Gasteiger partial charge on any atom is 1.00 e. The number of hydrogen-bond acceptors (Lipinski definition) is 7. The molecule has 7 nitrogen and oxygen atoms in total. The van der Waals surface area contributed by atoms with E-state index in [1.54, 1.807) is 4.90 Å². The molecule has 160 valence electrons. The van der Waals surface area contributed by atoms with Gasteiger partial charge in [0.2, 0.25) is 0 Å². The molecule has 0 N–H and O–H groups in total. The number of nitrogens with zero attached hydrogens (tertiary/aromatic N) is 1.